The molecule has 2 rings (SSSR count). The molecule has 0 heterocycles. The van der Waals surface area contributed by atoms with Gasteiger partial charge in [-0.1, -0.05) is 39.0 Å². The summed E-state index contributed by atoms with van der Waals surface area (Å²) in [4.78, 5) is 0. The largest absolute Gasteiger partial charge is 0.498 e. The quantitative estimate of drug-likeness (QED) is 0.566. The molecular weight excluding hydrogens is 232 g/mol. The summed E-state index contributed by atoms with van der Waals surface area (Å²) in [5.74, 6) is 1.80. The Morgan fingerprint density at radius 3 is 2.42 bits per heavy atom. The van der Waals surface area contributed by atoms with Gasteiger partial charge in [0.2, 0.25) is 0 Å². The van der Waals surface area contributed by atoms with Crippen molar-refractivity contribution < 1.29 is 4.74 Å². The molecular formula is C18H32O. The average molecular weight is 264 g/mol. The highest BCUT2D eigenvalue weighted by atomic mass is 16.5. The molecule has 0 bridgehead atoms. The van der Waals surface area contributed by atoms with Crippen LogP contribution < -0.4 is 0 Å². The van der Waals surface area contributed by atoms with E-state index in [0.717, 1.165) is 11.8 Å². The monoisotopic (exact) mass is 264 g/mol. The highest BCUT2D eigenvalue weighted by Crippen LogP contribution is 2.34. The summed E-state index contributed by atoms with van der Waals surface area (Å²) in [5, 5.41) is 0. The first kappa shape index (κ1) is 14.9. The maximum atomic E-state index is 6.05. The van der Waals surface area contributed by atoms with Crippen LogP contribution in [0, 0.1) is 11.8 Å². The summed E-state index contributed by atoms with van der Waals surface area (Å²) >= 11 is 0. The molecule has 110 valence electrons. The second kappa shape index (κ2) is 7.97. The number of hydrogen-bond donors (Lipinski definition) is 0. The van der Waals surface area contributed by atoms with Crippen LogP contribution in [0.5, 0.6) is 0 Å². The van der Waals surface area contributed by atoms with Crippen LogP contribution in [-0.2, 0) is 4.74 Å². The molecule has 1 unspecified atom stereocenters. The highest BCUT2D eigenvalue weighted by Gasteiger charge is 2.25. The van der Waals surface area contributed by atoms with Crippen LogP contribution in [0.15, 0.2) is 11.8 Å². The first-order chi connectivity index (χ1) is 9.29. The van der Waals surface area contributed by atoms with Crippen molar-refractivity contribution in [2.24, 2.45) is 11.8 Å². The average Bonchev–Trinajstić information content (AvgIpc) is 2.47. The zero-order valence-electron chi connectivity index (χ0n) is 13.0. The lowest BCUT2D eigenvalue weighted by Crippen LogP contribution is -2.24. The maximum Gasteiger partial charge on any atom is 0.0978 e. The van der Waals surface area contributed by atoms with Gasteiger partial charge in [0, 0.05) is 0 Å². The second-order valence-corrected chi connectivity index (χ2v) is 6.75. The van der Waals surface area contributed by atoms with Gasteiger partial charge >= 0.3 is 0 Å². The minimum Gasteiger partial charge on any atom is -0.498 e. The van der Waals surface area contributed by atoms with Crippen LogP contribution >= 0.6 is 0 Å². The number of ether oxygens (including phenoxy) is 1. The second-order valence-electron chi connectivity index (χ2n) is 6.75. The van der Waals surface area contributed by atoms with E-state index in [2.05, 4.69) is 20.1 Å². The van der Waals surface area contributed by atoms with Gasteiger partial charge in [-0.3, -0.25) is 0 Å². The van der Waals surface area contributed by atoms with Crippen LogP contribution in [0.2, 0.25) is 0 Å². The lowest BCUT2D eigenvalue weighted by atomic mass is 9.78. The Morgan fingerprint density at radius 2 is 1.79 bits per heavy atom. The molecule has 1 atom stereocenters. The Morgan fingerprint density at radius 1 is 1.11 bits per heavy atom. The lowest BCUT2D eigenvalue weighted by molar-refractivity contribution is 0.0682. The molecule has 0 spiro atoms. The van der Waals surface area contributed by atoms with Crippen LogP contribution in [0.25, 0.3) is 0 Å². The van der Waals surface area contributed by atoms with Gasteiger partial charge < -0.3 is 4.74 Å². The Labute approximate surface area is 119 Å². The van der Waals surface area contributed by atoms with Crippen molar-refractivity contribution in [1.29, 1.82) is 0 Å². The van der Waals surface area contributed by atoms with Gasteiger partial charge in [-0.25, -0.2) is 0 Å². The summed E-state index contributed by atoms with van der Waals surface area (Å²) in [7, 11) is 0. The molecule has 0 N–H and O–H groups in total. The van der Waals surface area contributed by atoms with Gasteiger partial charge in [0.25, 0.3) is 0 Å². The summed E-state index contributed by atoms with van der Waals surface area (Å²) in [6, 6.07) is 0. The van der Waals surface area contributed by atoms with Crippen molar-refractivity contribution in [3.63, 3.8) is 0 Å². The Kier molecular flexibility index (Phi) is 6.26. The first-order valence-corrected chi connectivity index (χ1v) is 8.63. The maximum absolute atomic E-state index is 6.05. The van der Waals surface area contributed by atoms with E-state index in [1.165, 1.54) is 70.6 Å². The van der Waals surface area contributed by atoms with E-state index < -0.39 is 0 Å². The molecule has 0 aromatic heterocycles. The zero-order valence-corrected chi connectivity index (χ0v) is 13.0. The lowest BCUT2D eigenvalue weighted by Gasteiger charge is -2.32. The third-order valence-corrected chi connectivity index (χ3v) is 5.20. The predicted octanol–water partition coefficient (Wildman–Crippen LogP) is 5.85. The molecule has 2 aliphatic carbocycles. The summed E-state index contributed by atoms with van der Waals surface area (Å²) in [6.45, 7) is 4.60. The van der Waals surface area contributed by atoms with Gasteiger partial charge in [0.15, 0.2) is 0 Å². The fourth-order valence-corrected chi connectivity index (χ4v) is 3.79. The van der Waals surface area contributed by atoms with Crippen LogP contribution in [0.1, 0.15) is 84.5 Å². The summed E-state index contributed by atoms with van der Waals surface area (Å²) in [6.07, 6.45) is 17.7. The summed E-state index contributed by atoms with van der Waals surface area (Å²) < 4.78 is 6.05. The molecule has 2 fully saturated rings. The molecule has 0 amide bonds. The molecule has 19 heavy (non-hydrogen) atoms. The fourth-order valence-electron chi connectivity index (χ4n) is 3.79. The van der Waals surface area contributed by atoms with Crippen molar-refractivity contribution in [2.75, 3.05) is 0 Å². The smallest absolute Gasteiger partial charge is 0.0978 e. The Bertz CT molecular complexity index is 265. The SMILES string of the molecule is CCC[C@H]1CC[C@H](C(C)OC=C2CCCCC2)CC1. The van der Waals surface area contributed by atoms with Crippen LogP contribution in [-0.4, -0.2) is 6.10 Å². The number of allylic oxidation sites excluding steroid dienone is 1. The molecule has 1 heteroatoms. The normalized spacial score (nSPS) is 29.9. The minimum absolute atomic E-state index is 0.428. The van der Waals surface area contributed by atoms with Crippen molar-refractivity contribution >= 4 is 0 Å². The molecule has 1 nitrogen and oxygen atoms in total. The Balaban J connectivity index is 1.70. The molecule has 0 aliphatic heterocycles. The van der Waals surface area contributed by atoms with E-state index >= 15 is 0 Å². The molecule has 0 aromatic rings. The highest BCUT2D eigenvalue weighted by molar-refractivity contribution is 5.00. The minimum atomic E-state index is 0.428. The van der Waals surface area contributed by atoms with Gasteiger partial charge in [0.1, 0.15) is 0 Å². The fraction of sp³-hybridized carbons (Fsp3) is 0.889. The van der Waals surface area contributed by atoms with Crippen molar-refractivity contribution in [2.45, 2.75) is 90.6 Å². The predicted molar refractivity (Wildman–Crippen MR) is 82.1 cm³/mol. The van der Waals surface area contributed by atoms with Crippen molar-refractivity contribution in [3.05, 3.63) is 11.8 Å². The number of hydrogen-bond acceptors (Lipinski definition) is 1. The van der Waals surface area contributed by atoms with Gasteiger partial charge in [0.05, 0.1) is 12.4 Å². The zero-order chi connectivity index (χ0) is 13.5. The van der Waals surface area contributed by atoms with Gasteiger partial charge in [-0.15, -0.1) is 0 Å². The molecule has 2 saturated carbocycles. The van der Waals surface area contributed by atoms with Gasteiger partial charge in [-0.2, -0.15) is 0 Å². The van der Waals surface area contributed by atoms with E-state index in [9.17, 15) is 0 Å². The van der Waals surface area contributed by atoms with E-state index in [4.69, 9.17) is 4.74 Å². The first-order valence-electron chi connectivity index (χ1n) is 8.63. The topological polar surface area (TPSA) is 9.23 Å². The molecule has 2 aliphatic rings. The third kappa shape index (κ3) is 4.85. The third-order valence-electron chi connectivity index (χ3n) is 5.20. The number of rotatable bonds is 5. The van der Waals surface area contributed by atoms with Gasteiger partial charge in [-0.05, 0) is 62.9 Å². The van der Waals surface area contributed by atoms with E-state index in [-0.39, 0.29) is 0 Å². The van der Waals surface area contributed by atoms with E-state index in [1.807, 2.05) is 0 Å². The molecule has 0 saturated heterocycles. The van der Waals surface area contributed by atoms with Crippen LogP contribution in [0.4, 0.5) is 0 Å². The Hall–Kier alpha value is -0.460. The van der Waals surface area contributed by atoms with Crippen molar-refractivity contribution in [1.82, 2.24) is 0 Å². The van der Waals surface area contributed by atoms with Crippen molar-refractivity contribution in [3.8, 4) is 0 Å². The van der Waals surface area contributed by atoms with E-state index in [1.54, 1.807) is 5.57 Å². The van der Waals surface area contributed by atoms with Crippen LogP contribution in [0.3, 0.4) is 0 Å². The summed E-state index contributed by atoms with van der Waals surface area (Å²) in [5.41, 5.74) is 1.55. The standard InChI is InChI=1S/C18H32O/c1-3-7-16-10-12-18(13-11-16)15(2)19-14-17-8-5-4-6-9-17/h14-16,18H,3-13H2,1-2H3/t15?,16-,18-. The van der Waals surface area contributed by atoms with E-state index in [0.29, 0.717) is 6.10 Å². The molecule has 0 aromatic carbocycles. The molecule has 0 radical (unpaired) electrons.